The number of anilines is 1. The lowest BCUT2D eigenvalue weighted by Crippen LogP contribution is -2.23. The normalized spacial score (nSPS) is 12.5. The Labute approximate surface area is 108 Å². The van der Waals surface area contributed by atoms with E-state index < -0.39 is 0 Å². The largest absolute Gasteiger partial charge is 0.383 e. The molecule has 0 aliphatic heterocycles. The molecule has 0 radical (unpaired) electrons. The summed E-state index contributed by atoms with van der Waals surface area (Å²) in [6.07, 6.45) is 1.03. The van der Waals surface area contributed by atoms with Crippen molar-refractivity contribution in [3.8, 4) is 0 Å². The number of rotatable bonds is 6. The van der Waals surface area contributed by atoms with Gasteiger partial charge < -0.3 is 10.2 Å². The summed E-state index contributed by atoms with van der Waals surface area (Å²) in [5.74, 6) is 0. The van der Waals surface area contributed by atoms with Crippen molar-refractivity contribution in [3.05, 3.63) is 33.9 Å². The van der Waals surface area contributed by atoms with Crippen LogP contribution in [0, 0.1) is 17.0 Å². The molecule has 1 aromatic rings. The summed E-state index contributed by atoms with van der Waals surface area (Å²) in [6.45, 7) is 4.88. The minimum atomic E-state index is -0.353. The molecule has 0 saturated heterocycles. The molecular formula is C13H21N3O2. The highest BCUT2D eigenvalue weighted by atomic mass is 16.6. The molecule has 100 valence electrons. The molecule has 5 nitrogen and oxygen atoms in total. The third-order valence-electron chi connectivity index (χ3n) is 2.82. The Bertz CT molecular complexity index is 419. The van der Waals surface area contributed by atoms with Gasteiger partial charge in [0.05, 0.1) is 4.92 Å². The number of aryl methyl sites for hydroxylation is 1. The molecule has 0 saturated carbocycles. The van der Waals surface area contributed by atoms with Gasteiger partial charge >= 0.3 is 0 Å². The van der Waals surface area contributed by atoms with Gasteiger partial charge in [-0.1, -0.05) is 0 Å². The highest BCUT2D eigenvalue weighted by molar-refractivity contribution is 5.53. The van der Waals surface area contributed by atoms with E-state index in [0.29, 0.717) is 11.6 Å². The first kappa shape index (κ1) is 14.4. The van der Waals surface area contributed by atoms with E-state index in [2.05, 4.69) is 17.1 Å². The Morgan fingerprint density at radius 2 is 2.11 bits per heavy atom. The number of benzene rings is 1. The first-order valence-electron chi connectivity index (χ1n) is 6.06. The number of nitro groups is 1. The second-order valence-electron chi connectivity index (χ2n) is 4.90. The van der Waals surface area contributed by atoms with Crippen molar-refractivity contribution in [3.63, 3.8) is 0 Å². The van der Waals surface area contributed by atoms with Crippen molar-refractivity contribution in [1.82, 2.24) is 4.90 Å². The average molecular weight is 251 g/mol. The minimum Gasteiger partial charge on any atom is -0.383 e. The van der Waals surface area contributed by atoms with Crippen molar-refractivity contribution in [2.24, 2.45) is 0 Å². The van der Waals surface area contributed by atoms with Crippen LogP contribution in [-0.2, 0) is 0 Å². The lowest BCUT2D eigenvalue weighted by molar-refractivity contribution is -0.385. The second-order valence-corrected chi connectivity index (χ2v) is 4.90. The van der Waals surface area contributed by atoms with Gasteiger partial charge in [0.1, 0.15) is 0 Å². The quantitative estimate of drug-likeness (QED) is 0.623. The van der Waals surface area contributed by atoms with E-state index in [9.17, 15) is 10.1 Å². The van der Waals surface area contributed by atoms with Crippen LogP contribution in [0.15, 0.2) is 18.2 Å². The monoisotopic (exact) mass is 251 g/mol. The van der Waals surface area contributed by atoms with E-state index in [-0.39, 0.29) is 10.6 Å². The van der Waals surface area contributed by atoms with Gasteiger partial charge in [0.25, 0.3) is 5.69 Å². The summed E-state index contributed by atoms with van der Waals surface area (Å²) in [4.78, 5) is 12.5. The molecule has 0 aliphatic rings. The summed E-state index contributed by atoms with van der Waals surface area (Å²) in [7, 11) is 4.09. The molecule has 0 aromatic heterocycles. The van der Waals surface area contributed by atoms with Crippen molar-refractivity contribution in [2.45, 2.75) is 26.3 Å². The zero-order valence-electron chi connectivity index (χ0n) is 11.4. The predicted octanol–water partition coefficient (Wildman–Crippen LogP) is 2.66. The first-order chi connectivity index (χ1) is 8.40. The Morgan fingerprint density at radius 1 is 1.44 bits per heavy atom. The van der Waals surface area contributed by atoms with E-state index in [1.54, 1.807) is 19.1 Å². The number of nitrogens with zero attached hydrogens (tertiary/aromatic N) is 2. The molecule has 0 fully saturated rings. The lowest BCUT2D eigenvalue weighted by atomic mass is 10.1. The molecule has 5 heteroatoms. The van der Waals surface area contributed by atoms with Crippen LogP contribution in [0.5, 0.6) is 0 Å². The molecule has 1 N–H and O–H groups in total. The number of hydrogen-bond donors (Lipinski definition) is 1. The SMILES string of the molecule is Cc1cc(NC(C)CCN(C)C)ccc1[N+](=O)[O-]. The Morgan fingerprint density at radius 3 is 2.61 bits per heavy atom. The van der Waals surface area contributed by atoms with Crippen molar-refractivity contribution in [2.75, 3.05) is 26.0 Å². The lowest BCUT2D eigenvalue weighted by Gasteiger charge is -2.18. The summed E-state index contributed by atoms with van der Waals surface area (Å²) in [5, 5.41) is 14.1. The Kier molecular flexibility index (Phi) is 5.09. The van der Waals surface area contributed by atoms with Gasteiger partial charge in [-0.2, -0.15) is 0 Å². The number of nitro benzene ring substituents is 1. The molecule has 0 heterocycles. The molecule has 1 aromatic carbocycles. The molecule has 0 aliphatic carbocycles. The Balaban J connectivity index is 2.63. The highest BCUT2D eigenvalue weighted by Gasteiger charge is 2.11. The fraction of sp³-hybridized carbons (Fsp3) is 0.538. The van der Waals surface area contributed by atoms with E-state index >= 15 is 0 Å². The van der Waals surface area contributed by atoms with Crippen LogP contribution < -0.4 is 5.32 Å². The third kappa shape index (κ3) is 4.33. The van der Waals surface area contributed by atoms with Crippen molar-refractivity contribution >= 4 is 11.4 Å². The van der Waals surface area contributed by atoms with Crippen LogP contribution in [-0.4, -0.2) is 36.5 Å². The zero-order valence-corrected chi connectivity index (χ0v) is 11.4. The van der Waals surface area contributed by atoms with Gasteiger partial charge in [0.2, 0.25) is 0 Å². The van der Waals surface area contributed by atoms with Gasteiger partial charge in [0.15, 0.2) is 0 Å². The predicted molar refractivity (Wildman–Crippen MR) is 74.1 cm³/mol. The molecule has 0 bridgehead atoms. The fourth-order valence-corrected chi connectivity index (χ4v) is 1.76. The standard InChI is InChI=1S/C13H21N3O2/c1-10-9-12(5-6-13(10)16(17)18)14-11(2)7-8-15(3)4/h5-6,9,11,14H,7-8H2,1-4H3. The molecule has 1 rings (SSSR count). The van der Waals surface area contributed by atoms with Gasteiger partial charge in [-0.25, -0.2) is 0 Å². The molecular weight excluding hydrogens is 230 g/mol. The maximum atomic E-state index is 10.7. The van der Waals surface area contributed by atoms with E-state index in [4.69, 9.17) is 0 Å². The zero-order chi connectivity index (χ0) is 13.7. The minimum absolute atomic E-state index is 0.168. The van der Waals surface area contributed by atoms with E-state index in [1.807, 2.05) is 20.2 Å². The van der Waals surface area contributed by atoms with Crippen LogP contribution in [0.3, 0.4) is 0 Å². The maximum absolute atomic E-state index is 10.7. The molecule has 0 amide bonds. The Hall–Kier alpha value is -1.62. The summed E-state index contributed by atoms with van der Waals surface area (Å²) in [5.41, 5.74) is 1.79. The van der Waals surface area contributed by atoms with Gasteiger partial charge in [-0.15, -0.1) is 0 Å². The molecule has 1 unspecified atom stereocenters. The van der Waals surface area contributed by atoms with Crippen molar-refractivity contribution < 1.29 is 4.92 Å². The maximum Gasteiger partial charge on any atom is 0.272 e. The van der Waals surface area contributed by atoms with Gasteiger partial charge in [-0.3, -0.25) is 10.1 Å². The summed E-state index contributed by atoms with van der Waals surface area (Å²) >= 11 is 0. The highest BCUT2D eigenvalue weighted by Crippen LogP contribution is 2.22. The van der Waals surface area contributed by atoms with Crippen LogP contribution in [0.2, 0.25) is 0 Å². The van der Waals surface area contributed by atoms with E-state index in [0.717, 1.165) is 18.7 Å². The van der Waals surface area contributed by atoms with Gasteiger partial charge in [-0.05, 0) is 53.0 Å². The van der Waals surface area contributed by atoms with Gasteiger partial charge in [0, 0.05) is 23.4 Å². The van der Waals surface area contributed by atoms with Crippen LogP contribution in [0.25, 0.3) is 0 Å². The van der Waals surface area contributed by atoms with E-state index in [1.165, 1.54) is 0 Å². The molecule has 18 heavy (non-hydrogen) atoms. The topological polar surface area (TPSA) is 58.4 Å². The second kappa shape index (κ2) is 6.35. The van der Waals surface area contributed by atoms with Crippen LogP contribution in [0.4, 0.5) is 11.4 Å². The third-order valence-corrected chi connectivity index (χ3v) is 2.82. The van der Waals surface area contributed by atoms with Crippen LogP contribution >= 0.6 is 0 Å². The smallest absolute Gasteiger partial charge is 0.272 e. The fourth-order valence-electron chi connectivity index (χ4n) is 1.76. The average Bonchev–Trinajstić information content (AvgIpc) is 2.26. The number of nitrogens with one attached hydrogen (secondary N) is 1. The van der Waals surface area contributed by atoms with Crippen molar-refractivity contribution in [1.29, 1.82) is 0 Å². The number of hydrogen-bond acceptors (Lipinski definition) is 4. The molecule has 0 spiro atoms. The summed E-state index contributed by atoms with van der Waals surface area (Å²) < 4.78 is 0. The molecule has 1 atom stereocenters. The first-order valence-corrected chi connectivity index (χ1v) is 6.06. The van der Waals surface area contributed by atoms with Crippen LogP contribution in [0.1, 0.15) is 18.9 Å². The summed E-state index contributed by atoms with van der Waals surface area (Å²) in [6, 6.07) is 5.48.